The lowest BCUT2D eigenvalue weighted by Crippen LogP contribution is -2.38. The molecule has 5 nitrogen and oxygen atoms in total. The molecule has 0 saturated heterocycles. The fourth-order valence-corrected chi connectivity index (χ4v) is 1.39. The molecular weight excluding hydrogens is 286 g/mol. The van der Waals surface area contributed by atoms with Crippen LogP contribution in [0.15, 0.2) is 22.8 Å². The lowest BCUT2D eigenvalue weighted by molar-refractivity contribution is -0.117. The van der Waals surface area contributed by atoms with Gasteiger partial charge in [0.05, 0.1) is 13.2 Å². The number of likely N-dealkylation sites (N-methyl/N-ethyl adjacent to an activating group) is 1. The van der Waals surface area contributed by atoms with Crippen LogP contribution in [0.4, 0.5) is 5.82 Å². The van der Waals surface area contributed by atoms with Crippen LogP contribution in [0.1, 0.15) is 6.92 Å². The van der Waals surface area contributed by atoms with Crippen LogP contribution in [-0.2, 0) is 4.79 Å². The second-order valence-electron chi connectivity index (χ2n) is 3.86. The van der Waals surface area contributed by atoms with Gasteiger partial charge < -0.3 is 10.4 Å². The minimum Gasteiger partial charge on any atom is -0.395 e. The Morgan fingerprint density at radius 1 is 1.65 bits per heavy atom. The molecule has 1 aromatic rings. The number of rotatable bonds is 5. The molecule has 0 aliphatic rings. The molecule has 94 valence electrons. The van der Waals surface area contributed by atoms with Crippen LogP contribution in [0.3, 0.4) is 0 Å². The number of pyridine rings is 1. The molecule has 0 aliphatic heterocycles. The third kappa shape index (κ3) is 4.80. The lowest BCUT2D eigenvalue weighted by Gasteiger charge is -2.21. The first-order valence-corrected chi connectivity index (χ1v) is 6.04. The summed E-state index contributed by atoms with van der Waals surface area (Å²) in [6.45, 7) is 2.10. The van der Waals surface area contributed by atoms with Gasteiger partial charge >= 0.3 is 0 Å². The Balaban J connectivity index is 2.47. The molecule has 0 spiro atoms. The fraction of sp³-hybridized carbons (Fsp3) is 0.455. The third-order valence-electron chi connectivity index (χ3n) is 2.40. The van der Waals surface area contributed by atoms with Crippen molar-refractivity contribution in [3.8, 4) is 0 Å². The maximum atomic E-state index is 11.6. The van der Waals surface area contributed by atoms with E-state index < -0.39 is 0 Å². The molecule has 0 aliphatic carbocycles. The van der Waals surface area contributed by atoms with Crippen molar-refractivity contribution in [3.05, 3.63) is 22.8 Å². The summed E-state index contributed by atoms with van der Waals surface area (Å²) in [6.07, 6.45) is 1.62. The number of nitrogens with one attached hydrogen (secondary N) is 1. The largest absolute Gasteiger partial charge is 0.395 e. The lowest BCUT2D eigenvalue weighted by atomic mass is 10.3. The minimum absolute atomic E-state index is 0.0281. The number of anilines is 1. The van der Waals surface area contributed by atoms with E-state index in [2.05, 4.69) is 26.2 Å². The molecule has 0 bridgehead atoms. The Bertz CT molecular complexity index is 369. The van der Waals surface area contributed by atoms with E-state index in [-0.39, 0.29) is 25.1 Å². The first kappa shape index (κ1) is 14.1. The van der Waals surface area contributed by atoms with E-state index in [1.54, 1.807) is 24.2 Å². The predicted octanol–water partition coefficient (Wildman–Crippen LogP) is 1.10. The van der Waals surface area contributed by atoms with E-state index in [0.717, 1.165) is 4.47 Å². The predicted molar refractivity (Wildman–Crippen MR) is 69.7 cm³/mol. The molecule has 1 heterocycles. The summed E-state index contributed by atoms with van der Waals surface area (Å²) in [7, 11) is 1.79. The van der Waals surface area contributed by atoms with E-state index in [0.29, 0.717) is 5.82 Å². The summed E-state index contributed by atoms with van der Waals surface area (Å²) in [5.74, 6) is 0.367. The zero-order valence-electron chi connectivity index (χ0n) is 9.85. The van der Waals surface area contributed by atoms with Crippen LogP contribution in [0.2, 0.25) is 0 Å². The highest BCUT2D eigenvalue weighted by Crippen LogP contribution is 2.10. The molecule has 6 heteroatoms. The quantitative estimate of drug-likeness (QED) is 0.855. The van der Waals surface area contributed by atoms with Gasteiger partial charge in [-0.05, 0) is 42.0 Å². The van der Waals surface area contributed by atoms with Gasteiger partial charge in [-0.1, -0.05) is 0 Å². The Kier molecular flexibility index (Phi) is 5.54. The molecular formula is C11H16BrN3O2. The molecule has 0 saturated carbocycles. The molecule has 1 amide bonds. The zero-order valence-corrected chi connectivity index (χ0v) is 11.4. The van der Waals surface area contributed by atoms with Gasteiger partial charge in [0.2, 0.25) is 5.91 Å². The Morgan fingerprint density at radius 3 is 2.88 bits per heavy atom. The second kappa shape index (κ2) is 6.68. The Morgan fingerprint density at radius 2 is 2.35 bits per heavy atom. The van der Waals surface area contributed by atoms with Crippen LogP contribution >= 0.6 is 15.9 Å². The number of hydrogen-bond donors (Lipinski definition) is 2. The second-order valence-corrected chi connectivity index (χ2v) is 4.77. The van der Waals surface area contributed by atoms with Crippen LogP contribution in [-0.4, -0.2) is 47.1 Å². The minimum atomic E-state index is -0.150. The molecule has 0 aromatic carbocycles. The topological polar surface area (TPSA) is 65.5 Å². The maximum Gasteiger partial charge on any atom is 0.239 e. The van der Waals surface area contributed by atoms with Gasteiger partial charge in [-0.15, -0.1) is 0 Å². The average molecular weight is 302 g/mol. The summed E-state index contributed by atoms with van der Waals surface area (Å²) in [5.41, 5.74) is 0. The number of aliphatic hydroxyl groups is 1. The van der Waals surface area contributed by atoms with Crippen molar-refractivity contribution in [2.75, 3.05) is 25.5 Å². The van der Waals surface area contributed by atoms with Gasteiger partial charge in [0.15, 0.2) is 0 Å². The van der Waals surface area contributed by atoms with Crippen LogP contribution in [0, 0.1) is 0 Å². The summed E-state index contributed by atoms with van der Waals surface area (Å²) in [5, 5.41) is 11.6. The first-order valence-electron chi connectivity index (χ1n) is 5.25. The molecule has 1 unspecified atom stereocenters. The highest BCUT2D eigenvalue weighted by molar-refractivity contribution is 9.10. The number of carbonyl (C=O) groups excluding carboxylic acids is 1. The van der Waals surface area contributed by atoms with E-state index in [1.165, 1.54) is 0 Å². The molecule has 1 atom stereocenters. The Hall–Kier alpha value is -0.980. The molecule has 1 rings (SSSR count). The Labute approximate surface area is 109 Å². The van der Waals surface area contributed by atoms with Crippen LogP contribution < -0.4 is 5.32 Å². The van der Waals surface area contributed by atoms with Gasteiger partial charge in [0, 0.05) is 16.7 Å². The number of amides is 1. The van der Waals surface area contributed by atoms with Gasteiger partial charge in [-0.3, -0.25) is 9.69 Å². The summed E-state index contributed by atoms with van der Waals surface area (Å²) < 4.78 is 0.863. The van der Waals surface area contributed by atoms with Crippen molar-refractivity contribution in [2.45, 2.75) is 13.0 Å². The molecule has 2 N–H and O–H groups in total. The van der Waals surface area contributed by atoms with Crippen molar-refractivity contribution < 1.29 is 9.90 Å². The number of nitrogens with zero attached hydrogens (tertiary/aromatic N) is 2. The number of carbonyl (C=O) groups is 1. The van der Waals surface area contributed by atoms with E-state index in [9.17, 15) is 4.79 Å². The van der Waals surface area contributed by atoms with Gasteiger partial charge in [-0.25, -0.2) is 4.98 Å². The molecule has 0 radical (unpaired) electrons. The smallest absolute Gasteiger partial charge is 0.239 e. The average Bonchev–Trinajstić information content (AvgIpc) is 2.30. The summed E-state index contributed by atoms with van der Waals surface area (Å²) in [6, 6.07) is 3.48. The molecule has 1 aromatic heterocycles. The number of aliphatic hydroxyl groups excluding tert-OH is 1. The first-order chi connectivity index (χ1) is 8.02. The van der Waals surface area contributed by atoms with Crippen molar-refractivity contribution in [1.29, 1.82) is 0 Å². The van der Waals surface area contributed by atoms with Crippen LogP contribution in [0.5, 0.6) is 0 Å². The van der Waals surface area contributed by atoms with Crippen molar-refractivity contribution in [1.82, 2.24) is 9.88 Å². The molecule has 17 heavy (non-hydrogen) atoms. The van der Waals surface area contributed by atoms with Gasteiger partial charge in [0.1, 0.15) is 5.82 Å². The SMILES string of the molecule is CC(CO)N(C)CC(=O)Nc1ccc(Br)cn1. The normalized spacial score (nSPS) is 12.5. The van der Waals surface area contributed by atoms with Crippen LogP contribution in [0.25, 0.3) is 0 Å². The number of halogens is 1. The number of aromatic nitrogens is 1. The van der Waals surface area contributed by atoms with Crippen molar-refractivity contribution in [2.24, 2.45) is 0 Å². The number of hydrogen-bond acceptors (Lipinski definition) is 4. The molecule has 0 fully saturated rings. The van der Waals surface area contributed by atoms with Crippen molar-refractivity contribution in [3.63, 3.8) is 0 Å². The van der Waals surface area contributed by atoms with Gasteiger partial charge in [0.25, 0.3) is 0 Å². The van der Waals surface area contributed by atoms with E-state index in [4.69, 9.17) is 5.11 Å². The van der Waals surface area contributed by atoms with Crippen molar-refractivity contribution >= 4 is 27.7 Å². The summed E-state index contributed by atoms with van der Waals surface area (Å²) >= 11 is 3.27. The highest BCUT2D eigenvalue weighted by atomic mass is 79.9. The standard InChI is InChI=1S/C11H16BrN3O2/c1-8(7-16)15(2)6-11(17)14-10-4-3-9(12)5-13-10/h3-5,8,16H,6-7H2,1-2H3,(H,13,14,17). The maximum absolute atomic E-state index is 11.6. The zero-order chi connectivity index (χ0) is 12.8. The fourth-order valence-electron chi connectivity index (χ4n) is 1.15. The van der Waals surface area contributed by atoms with E-state index >= 15 is 0 Å². The third-order valence-corrected chi connectivity index (χ3v) is 2.87. The monoisotopic (exact) mass is 301 g/mol. The highest BCUT2D eigenvalue weighted by Gasteiger charge is 2.12. The van der Waals surface area contributed by atoms with Gasteiger partial charge in [-0.2, -0.15) is 0 Å². The summed E-state index contributed by atoms with van der Waals surface area (Å²) in [4.78, 5) is 17.5. The van der Waals surface area contributed by atoms with E-state index in [1.807, 2.05) is 13.0 Å².